The average Bonchev–Trinajstić information content (AvgIpc) is 3.02. The maximum atomic E-state index is 12.9. The van der Waals surface area contributed by atoms with Crippen LogP contribution in [0.15, 0.2) is 52.4 Å². The molecule has 1 amide bonds. The molecule has 158 valence electrons. The van der Waals surface area contributed by atoms with E-state index in [9.17, 15) is 13.2 Å². The lowest BCUT2D eigenvalue weighted by atomic mass is 10.1. The zero-order valence-electron chi connectivity index (χ0n) is 16.7. The van der Waals surface area contributed by atoms with Crippen molar-refractivity contribution in [3.63, 3.8) is 0 Å². The van der Waals surface area contributed by atoms with Crippen molar-refractivity contribution < 1.29 is 13.2 Å². The lowest BCUT2D eigenvalue weighted by Gasteiger charge is -2.32. The number of benzene rings is 2. The average molecular weight is 464 g/mol. The van der Waals surface area contributed by atoms with Crippen LogP contribution in [-0.4, -0.2) is 35.8 Å². The number of thiazole rings is 1. The summed E-state index contributed by atoms with van der Waals surface area (Å²) in [6, 6.07) is 11.5. The molecule has 9 heteroatoms. The molecule has 2 heterocycles. The summed E-state index contributed by atoms with van der Waals surface area (Å²) in [6.07, 6.45) is 2.78. The van der Waals surface area contributed by atoms with Crippen LogP contribution in [-0.2, 0) is 17.1 Å². The predicted octanol–water partition coefficient (Wildman–Crippen LogP) is 4.20. The third kappa shape index (κ3) is 3.97. The predicted molar refractivity (Wildman–Crippen MR) is 119 cm³/mol. The molecule has 1 aromatic heterocycles. The highest BCUT2D eigenvalue weighted by Crippen LogP contribution is 2.25. The van der Waals surface area contributed by atoms with Gasteiger partial charge in [0.05, 0.1) is 15.1 Å². The van der Waals surface area contributed by atoms with Gasteiger partial charge in [0.2, 0.25) is 10.0 Å². The number of sulfonamides is 1. The molecule has 2 aromatic carbocycles. The summed E-state index contributed by atoms with van der Waals surface area (Å²) in [5.74, 6) is -0.418. The molecule has 0 spiro atoms. The minimum Gasteiger partial charge on any atom is -0.319 e. The van der Waals surface area contributed by atoms with Gasteiger partial charge in [-0.3, -0.25) is 4.79 Å². The maximum absolute atomic E-state index is 12.9. The first-order valence-corrected chi connectivity index (χ1v) is 12.4. The zero-order chi connectivity index (χ0) is 21.5. The largest absolute Gasteiger partial charge is 0.319 e. The molecule has 30 heavy (non-hydrogen) atoms. The molecule has 0 aliphatic carbocycles. The van der Waals surface area contributed by atoms with Gasteiger partial charge in [0, 0.05) is 30.2 Å². The second kappa shape index (κ2) is 8.26. The van der Waals surface area contributed by atoms with Crippen molar-refractivity contribution in [3.05, 3.63) is 57.9 Å². The van der Waals surface area contributed by atoms with Crippen LogP contribution in [0.3, 0.4) is 0 Å². The van der Waals surface area contributed by atoms with Crippen molar-refractivity contribution in [1.29, 1.82) is 0 Å². The van der Waals surface area contributed by atoms with Crippen molar-refractivity contribution >= 4 is 49.1 Å². The van der Waals surface area contributed by atoms with Crippen molar-refractivity contribution in [2.75, 3.05) is 6.54 Å². The summed E-state index contributed by atoms with van der Waals surface area (Å²) in [5.41, 5.74) is 1.28. The number of hydrogen-bond donors (Lipinski definition) is 0. The minimum atomic E-state index is -3.56. The van der Waals surface area contributed by atoms with Crippen LogP contribution in [0.4, 0.5) is 0 Å². The fourth-order valence-corrected chi connectivity index (χ4v) is 6.69. The van der Waals surface area contributed by atoms with Crippen molar-refractivity contribution in [1.82, 2.24) is 8.87 Å². The summed E-state index contributed by atoms with van der Waals surface area (Å²) < 4.78 is 30.2. The molecule has 0 N–H and O–H groups in total. The number of nitrogens with zero attached hydrogens (tertiary/aromatic N) is 3. The molecular weight excluding hydrogens is 442 g/mol. The van der Waals surface area contributed by atoms with Gasteiger partial charge in [0.1, 0.15) is 0 Å². The first-order valence-electron chi connectivity index (χ1n) is 9.73. The monoisotopic (exact) mass is 463 g/mol. The van der Waals surface area contributed by atoms with Crippen LogP contribution in [0.25, 0.3) is 10.2 Å². The molecule has 3 aromatic rings. The number of fused-ring (bicyclic) bond motifs is 1. The molecule has 6 nitrogen and oxygen atoms in total. The number of carbonyl (C=O) groups excluding carboxylic acids is 1. The fraction of sp³-hybridized carbons (Fsp3) is 0.333. The van der Waals surface area contributed by atoms with Gasteiger partial charge in [-0.1, -0.05) is 29.4 Å². The zero-order valence-corrected chi connectivity index (χ0v) is 19.1. The lowest BCUT2D eigenvalue weighted by Crippen LogP contribution is -2.41. The van der Waals surface area contributed by atoms with Gasteiger partial charge < -0.3 is 4.57 Å². The van der Waals surface area contributed by atoms with E-state index in [4.69, 9.17) is 11.6 Å². The van der Waals surface area contributed by atoms with Crippen molar-refractivity contribution in [2.45, 2.75) is 37.1 Å². The van der Waals surface area contributed by atoms with Crippen molar-refractivity contribution in [2.24, 2.45) is 12.0 Å². The normalized spacial score (nSPS) is 18.8. The van der Waals surface area contributed by atoms with E-state index in [0.29, 0.717) is 21.9 Å². The Bertz CT molecular complexity index is 1280. The first-order chi connectivity index (χ1) is 14.3. The van der Waals surface area contributed by atoms with Gasteiger partial charge in [0.25, 0.3) is 5.91 Å². The van der Waals surface area contributed by atoms with E-state index >= 15 is 0 Å². The summed E-state index contributed by atoms with van der Waals surface area (Å²) in [5, 5.41) is 0.627. The van der Waals surface area contributed by atoms with Gasteiger partial charge in [-0.25, -0.2) is 8.42 Å². The molecule has 0 saturated carbocycles. The van der Waals surface area contributed by atoms with E-state index < -0.39 is 15.9 Å². The Kier molecular flexibility index (Phi) is 5.85. The Hall–Kier alpha value is -2.00. The summed E-state index contributed by atoms with van der Waals surface area (Å²) in [4.78, 5) is 17.7. The molecule has 1 aliphatic heterocycles. The quantitative estimate of drug-likeness (QED) is 0.584. The number of amides is 1. The number of hydrogen-bond acceptors (Lipinski definition) is 4. The molecule has 0 radical (unpaired) electrons. The van der Waals surface area contributed by atoms with Gasteiger partial charge in [-0.15, -0.1) is 0 Å². The SMILES string of the molecule is CC1CCCCN1S(=O)(=O)c1ccc(C(=O)N=c2sc3cc(Cl)ccc3n2C)cc1. The minimum absolute atomic E-state index is 0.0125. The Labute approximate surface area is 184 Å². The van der Waals surface area contributed by atoms with Crippen LogP contribution in [0.5, 0.6) is 0 Å². The van der Waals surface area contributed by atoms with Gasteiger partial charge >= 0.3 is 0 Å². The van der Waals surface area contributed by atoms with E-state index in [1.54, 1.807) is 10.4 Å². The van der Waals surface area contributed by atoms with E-state index in [2.05, 4.69) is 4.99 Å². The Morgan fingerprint density at radius 1 is 1.17 bits per heavy atom. The highest BCUT2D eigenvalue weighted by Gasteiger charge is 2.30. The molecule has 4 rings (SSSR count). The number of rotatable bonds is 3. The van der Waals surface area contributed by atoms with Crippen LogP contribution >= 0.6 is 22.9 Å². The van der Waals surface area contributed by atoms with Crippen molar-refractivity contribution in [3.8, 4) is 0 Å². The topological polar surface area (TPSA) is 71.7 Å². The molecule has 0 bridgehead atoms. The maximum Gasteiger partial charge on any atom is 0.279 e. The van der Waals surface area contributed by atoms with Gasteiger partial charge in [-0.2, -0.15) is 9.30 Å². The van der Waals surface area contributed by atoms with E-state index in [0.717, 1.165) is 29.5 Å². The molecule has 1 fully saturated rings. The smallest absolute Gasteiger partial charge is 0.279 e. The number of aromatic nitrogens is 1. The standard InChI is InChI=1S/C21H22ClN3O3S2/c1-14-5-3-4-12-25(14)30(27,28)17-9-6-15(7-10-17)20(26)23-21-24(2)18-11-8-16(22)13-19(18)29-21/h6-11,13-14H,3-5,12H2,1-2H3. The third-order valence-electron chi connectivity index (χ3n) is 5.42. The number of halogens is 1. The van der Waals surface area contributed by atoms with Crippen LogP contribution < -0.4 is 4.80 Å². The first kappa shape index (κ1) is 21.2. The second-order valence-electron chi connectivity index (χ2n) is 7.46. The summed E-state index contributed by atoms with van der Waals surface area (Å²) in [6.45, 7) is 2.47. The lowest BCUT2D eigenvalue weighted by molar-refractivity contribution is 0.0998. The molecule has 1 aliphatic rings. The van der Waals surface area contributed by atoms with Crippen LogP contribution in [0.1, 0.15) is 36.5 Å². The Morgan fingerprint density at radius 2 is 1.90 bits per heavy atom. The third-order valence-corrected chi connectivity index (χ3v) is 8.78. The highest BCUT2D eigenvalue weighted by atomic mass is 35.5. The fourth-order valence-electron chi connectivity index (χ4n) is 3.70. The van der Waals surface area contributed by atoms with Gasteiger partial charge in [0.15, 0.2) is 4.80 Å². The van der Waals surface area contributed by atoms with Crippen LogP contribution in [0, 0.1) is 0 Å². The molecular formula is C21H22ClN3O3S2. The van der Waals surface area contributed by atoms with Crippen LogP contribution in [0.2, 0.25) is 5.02 Å². The van der Waals surface area contributed by atoms with Gasteiger partial charge in [-0.05, 0) is 62.2 Å². The summed E-state index contributed by atoms with van der Waals surface area (Å²) >= 11 is 7.42. The molecule has 1 unspecified atom stereocenters. The summed E-state index contributed by atoms with van der Waals surface area (Å²) in [7, 11) is -1.72. The van der Waals surface area contributed by atoms with E-state index in [1.807, 2.05) is 30.7 Å². The Morgan fingerprint density at radius 3 is 2.60 bits per heavy atom. The number of aryl methyl sites for hydroxylation is 1. The van der Waals surface area contributed by atoms with E-state index in [1.165, 1.54) is 35.6 Å². The van der Waals surface area contributed by atoms with E-state index in [-0.39, 0.29) is 10.9 Å². The number of carbonyl (C=O) groups is 1. The molecule has 1 saturated heterocycles. The second-order valence-corrected chi connectivity index (χ2v) is 10.8. The Balaban J connectivity index is 1.62. The molecule has 1 atom stereocenters. The number of piperidine rings is 1. The highest BCUT2D eigenvalue weighted by molar-refractivity contribution is 7.89.